The molecule has 0 saturated heterocycles. The molecule has 0 aliphatic heterocycles. The van der Waals surface area contributed by atoms with Crippen LogP contribution in [0.25, 0.3) is 0 Å². The lowest BCUT2D eigenvalue weighted by molar-refractivity contribution is 0.0695. The average molecular weight is 249 g/mol. The number of nitrogens with zero attached hydrogens (tertiary/aromatic N) is 1. The highest BCUT2D eigenvalue weighted by Gasteiger charge is 2.18. The second-order valence-electron chi connectivity index (χ2n) is 3.75. The van der Waals surface area contributed by atoms with E-state index in [1.54, 1.807) is 19.2 Å². The van der Waals surface area contributed by atoms with Crippen molar-refractivity contribution in [3.8, 4) is 0 Å². The molecule has 0 radical (unpaired) electrons. The zero-order chi connectivity index (χ0) is 13.1. The van der Waals surface area contributed by atoms with E-state index in [0.29, 0.717) is 5.76 Å². The Morgan fingerprint density at radius 2 is 2.17 bits per heavy atom. The van der Waals surface area contributed by atoms with Crippen LogP contribution in [0, 0.1) is 0 Å². The Balaban J connectivity index is 2.08. The highest BCUT2D eigenvalue weighted by atomic mass is 16.4. The van der Waals surface area contributed by atoms with Crippen LogP contribution in [0.3, 0.4) is 0 Å². The largest absolute Gasteiger partial charge is 0.478 e. The molecule has 2 aromatic rings. The summed E-state index contributed by atoms with van der Waals surface area (Å²) in [6, 6.07) is 4.67. The number of carboxylic acids is 1. The van der Waals surface area contributed by atoms with Crippen molar-refractivity contribution >= 4 is 11.9 Å². The molecule has 6 heteroatoms. The zero-order valence-electron chi connectivity index (χ0n) is 9.62. The summed E-state index contributed by atoms with van der Waals surface area (Å²) >= 11 is 0. The summed E-state index contributed by atoms with van der Waals surface area (Å²) in [7, 11) is 1.58. The maximum Gasteiger partial charge on any atom is 0.338 e. The van der Waals surface area contributed by atoms with Crippen molar-refractivity contribution in [2.24, 2.45) is 0 Å². The monoisotopic (exact) mass is 249 g/mol. The normalized spacial score (nSPS) is 10.3. The molecule has 0 spiro atoms. The Morgan fingerprint density at radius 3 is 2.72 bits per heavy atom. The molecule has 0 bridgehead atoms. The van der Waals surface area contributed by atoms with E-state index >= 15 is 0 Å². The van der Waals surface area contributed by atoms with Crippen LogP contribution in [-0.4, -0.2) is 28.9 Å². The highest BCUT2D eigenvalue weighted by Crippen LogP contribution is 2.12. The number of furan rings is 2. The van der Waals surface area contributed by atoms with Gasteiger partial charge in [0, 0.05) is 13.1 Å². The van der Waals surface area contributed by atoms with Crippen LogP contribution in [-0.2, 0) is 6.54 Å². The molecular formula is C12H11NO5. The second-order valence-corrected chi connectivity index (χ2v) is 3.75. The van der Waals surface area contributed by atoms with Gasteiger partial charge in [-0.3, -0.25) is 4.79 Å². The third-order valence-electron chi connectivity index (χ3n) is 2.38. The van der Waals surface area contributed by atoms with Crippen molar-refractivity contribution in [1.82, 2.24) is 4.90 Å². The smallest absolute Gasteiger partial charge is 0.338 e. The predicted octanol–water partition coefficient (Wildman–Crippen LogP) is 1.84. The molecule has 0 aliphatic rings. The molecule has 0 aromatic carbocycles. The van der Waals surface area contributed by atoms with Crippen LogP contribution >= 0.6 is 0 Å². The molecule has 2 rings (SSSR count). The van der Waals surface area contributed by atoms with Crippen LogP contribution in [0.2, 0.25) is 0 Å². The van der Waals surface area contributed by atoms with Crippen molar-refractivity contribution in [2.45, 2.75) is 6.54 Å². The minimum absolute atomic E-state index is 0.0125. The lowest BCUT2D eigenvalue weighted by Gasteiger charge is -2.13. The number of amides is 1. The quantitative estimate of drug-likeness (QED) is 0.893. The Bertz CT molecular complexity index is 555. The van der Waals surface area contributed by atoms with Crippen LogP contribution in [0.5, 0.6) is 0 Å². The zero-order valence-corrected chi connectivity index (χ0v) is 9.62. The molecule has 0 atom stereocenters. The van der Waals surface area contributed by atoms with Gasteiger partial charge in [0.05, 0.1) is 18.4 Å². The van der Waals surface area contributed by atoms with E-state index in [-0.39, 0.29) is 17.9 Å². The van der Waals surface area contributed by atoms with E-state index in [0.717, 1.165) is 6.26 Å². The Labute approximate surface area is 102 Å². The van der Waals surface area contributed by atoms with Crippen molar-refractivity contribution in [3.05, 3.63) is 47.8 Å². The lowest BCUT2D eigenvalue weighted by atomic mass is 10.3. The molecule has 0 fully saturated rings. The van der Waals surface area contributed by atoms with Gasteiger partial charge in [-0.1, -0.05) is 0 Å². The first kappa shape index (κ1) is 12.0. The number of carbonyl (C=O) groups is 2. The summed E-state index contributed by atoms with van der Waals surface area (Å²) in [5.41, 5.74) is -0.0512. The summed E-state index contributed by atoms with van der Waals surface area (Å²) in [6.45, 7) is 0.287. The van der Waals surface area contributed by atoms with Crippen LogP contribution < -0.4 is 0 Å². The Hall–Kier alpha value is -2.50. The van der Waals surface area contributed by atoms with Crippen LogP contribution in [0.1, 0.15) is 26.7 Å². The molecule has 0 aliphatic carbocycles. The molecule has 2 heterocycles. The molecular weight excluding hydrogens is 238 g/mol. The van der Waals surface area contributed by atoms with E-state index < -0.39 is 11.9 Å². The van der Waals surface area contributed by atoms with Gasteiger partial charge in [-0.25, -0.2) is 4.79 Å². The first-order valence-electron chi connectivity index (χ1n) is 5.17. The van der Waals surface area contributed by atoms with Gasteiger partial charge in [0.1, 0.15) is 12.0 Å². The third-order valence-corrected chi connectivity index (χ3v) is 2.38. The third kappa shape index (κ3) is 2.42. The van der Waals surface area contributed by atoms with Gasteiger partial charge in [0.15, 0.2) is 5.76 Å². The van der Waals surface area contributed by atoms with Crippen LogP contribution in [0.4, 0.5) is 0 Å². The first-order valence-corrected chi connectivity index (χ1v) is 5.17. The molecule has 18 heavy (non-hydrogen) atoms. The number of carboxylic acid groups (broad SMARTS) is 1. The summed E-state index contributed by atoms with van der Waals surface area (Å²) in [6.07, 6.45) is 2.55. The predicted molar refractivity (Wildman–Crippen MR) is 60.2 cm³/mol. The van der Waals surface area contributed by atoms with E-state index in [1.807, 2.05) is 0 Å². The molecule has 94 valence electrons. The van der Waals surface area contributed by atoms with Crippen molar-refractivity contribution in [2.75, 3.05) is 7.05 Å². The van der Waals surface area contributed by atoms with Crippen LogP contribution in [0.15, 0.2) is 39.6 Å². The topological polar surface area (TPSA) is 83.9 Å². The highest BCUT2D eigenvalue weighted by molar-refractivity contribution is 5.95. The van der Waals surface area contributed by atoms with Gasteiger partial charge >= 0.3 is 5.97 Å². The van der Waals surface area contributed by atoms with E-state index in [9.17, 15) is 9.59 Å². The summed E-state index contributed by atoms with van der Waals surface area (Å²) in [5.74, 6) is -0.914. The fourth-order valence-electron chi connectivity index (χ4n) is 1.46. The van der Waals surface area contributed by atoms with Gasteiger partial charge in [-0.2, -0.15) is 0 Å². The maximum atomic E-state index is 11.9. The fourth-order valence-corrected chi connectivity index (χ4v) is 1.46. The van der Waals surface area contributed by atoms with E-state index in [1.165, 1.54) is 17.2 Å². The number of hydrogen-bond donors (Lipinski definition) is 1. The Morgan fingerprint density at radius 1 is 1.39 bits per heavy atom. The van der Waals surface area contributed by atoms with Crippen molar-refractivity contribution in [3.63, 3.8) is 0 Å². The average Bonchev–Trinajstić information content (AvgIpc) is 2.98. The summed E-state index contributed by atoms with van der Waals surface area (Å²) in [4.78, 5) is 23.9. The number of hydrogen-bond acceptors (Lipinski definition) is 4. The van der Waals surface area contributed by atoms with Gasteiger partial charge < -0.3 is 18.8 Å². The minimum atomic E-state index is -1.13. The van der Waals surface area contributed by atoms with E-state index in [2.05, 4.69) is 0 Å². The second kappa shape index (κ2) is 4.79. The van der Waals surface area contributed by atoms with Crippen molar-refractivity contribution < 1.29 is 23.5 Å². The van der Waals surface area contributed by atoms with E-state index in [4.69, 9.17) is 13.9 Å². The Kier molecular flexibility index (Phi) is 3.18. The summed E-state index contributed by atoms with van der Waals surface area (Å²) < 4.78 is 10.0. The first-order chi connectivity index (χ1) is 8.58. The molecule has 0 unspecified atom stereocenters. The fraction of sp³-hybridized carbons (Fsp3) is 0.167. The van der Waals surface area contributed by atoms with Gasteiger partial charge in [0.2, 0.25) is 0 Å². The molecule has 2 aromatic heterocycles. The molecule has 6 nitrogen and oxygen atoms in total. The number of rotatable bonds is 4. The number of aromatic carboxylic acids is 1. The minimum Gasteiger partial charge on any atom is -0.478 e. The molecule has 1 amide bonds. The lowest BCUT2D eigenvalue weighted by Crippen LogP contribution is -2.25. The SMILES string of the molecule is CN(Cc1ccco1)C(=O)c1cc(C(=O)O)co1. The standard InChI is InChI=1S/C12H11NO5/c1-13(6-9-3-2-4-17-9)11(14)10-5-8(7-18-10)12(15)16/h2-5,7H,6H2,1H3,(H,15,16). The molecule has 1 N–H and O–H groups in total. The maximum absolute atomic E-state index is 11.9. The summed E-state index contributed by atoms with van der Waals surface area (Å²) in [5, 5.41) is 8.73. The molecule has 0 saturated carbocycles. The van der Waals surface area contributed by atoms with Gasteiger partial charge in [-0.05, 0) is 12.1 Å². The van der Waals surface area contributed by atoms with Gasteiger partial charge in [0.25, 0.3) is 5.91 Å². The van der Waals surface area contributed by atoms with Gasteiger partial charge in [-0.15, -0.1) is 0 Å². The van der Waals surface area contributed by atoms with Crippen molar-refractivity contribution in [1.29, 1.82) is 0 Å². The number of carbonyl (C=O) groups excluding carboxylic acids is 1.